The molecule has 1 amide bonds. The molecule has 2 aromatic carbocycles. The zero-order chi connectivity index (χ0) is 19.4. The van der Waals surface area contributed by atoms with Crippen molar-refractivity contribution in [1.82, 2.24) is 0 Å². The van der Waals surface area contributed by atoms with Crippen molar-refractivity contribution in [1.29, 1.82) is 0 Å². The molecule has 1 aliphatic heterocycles. The van der Waals surface area contributed by atoms with Crippen molar-refractivity contribution in [3.8, 4) is 23.0 Å². The molecule has 0 unspecified atom stereocenters. The Morgan fingerprint density at radius 1 is 1.00 bits per heavy atom. The molecular weight excluding hydrogens is 346 g/mol. The molecule has 27 heavy (non-hydrogen) atoms. The number of methoxy groups -OCH3 is 3. The van der Waals surface area contributed by atoms with Gasteiger partial charge in [0, 0.05) is 29.7 Å². The van der Waals surface area contributed by atoms with E-state index in [0.717, 1.165) is 23.2 Å². The standard InChI is InChI=1S/C21H25NO5/c1-5-9-27-21-13(7-6-8-17(21)24-2)14-11-20(23)22-16-12-19(26-4)18(25-3)10-15(14)16/h6-8,10,12,14H,5,9,11H2,1-4H3,(H,22,23)/t14-/m0/s1. The molecular formula is C21H25NO5. The lowest BCUT2D eigenvalue weighted by Gasteiger charge is -2.29. The molecule has 0 radical (unpaired) electrons. The molecule has 1 atom stereocenters. The SMILES string of the molecule is CCCOc1c(OC)cccc1[C@@H]1CC(=O)Nc2cc(OC)c(OC)cc21. The van der Waals surface area contributed by atoms with Crippen LogP contribution in [0.2, 0.25) is 0 Å². The molecule has 1 heterocycles. The number of carbonyl (C=O) groups excluding carboxylic acids is 1. The summed E-state index contributed by atoms with van der Waals surface area (Å²) in [6, 6.07) is 9.48. The first-order valence-electron chi connectivity index (χ1n) is 8.98. The largest absolute Gasteiger partial charge is 0.493 e. The Labute approximate surface area is 159 Å². The van der Waals surface area contributed by atoms with Crippen LogP contribution < -0.4 is 24.3 Å². The Hall–Kier alpha value is -2.89. The molecule has 0 bridgehead atoms. The summed E-state index contributed by atoms with van der Waals surface area (Å²) >= 11 is 0. The first kappa shape index (κ1) is 18.9. The van der Waals surface area contributed by atoms with E-state index in [-0.39, 0.29) is 11.8 Å². The second kappa shape index (κ2) is 8.20. The molecule has 0 aromatic heterocycles. The van der Waals surface area contributed by atoms with Gasteiger partial charge in [-0.2, -0.15) is 0 Å². The van der Waals surface area contributed by atoms with Crippen LogP contribution in [0, 0.1) is 0 Å². The van der Waals surface area contributed by atoms with E-state index in [2.05, 4.69) is 12.2 Å². The summed E-state index contributed by atoms with van der Waals surface area (Å²) in [7, 11) is 4.79. The van der Waals surface area contributed by atoms with Gasteiger partial charge >= 0.3 is 0 Å². The fourth-order valence-electron chi connectivity index (χ4n) is 3.39. The highest BCUT2D eigenvalue weighted by molar-refractivity contribution is 5.96. The van der Waals surface area contributed by atoms with Crippen LogP contribution in [-0.4, -0.2) is 33.8 Å². The Bertz CT molecular complexity index is 834. The number of fused-ring (bicyclic) bond motifs is 1. The van der Waals surface area contributed by atoms with Gasteiger partial charge in [0.05, 0.1) is 27.9 Å². The highest BCUT2D eigenvalue weighted by Gasteiger charge is 2.31. The van der Waals surface area contributed by atoms with Crippen molar-refractivity contribution >= 4 is 11.6 Å². The molecule has 3 rings (SSSR count). The molecule has 0 aliphatic carbocycles. The minimum Gasteiger partial charge on any atom is -0.493 e. The first-order valence-corrected chi connectivity index (χ1v) is 8.98. The summed E-state index contributed by atoms with van der Waals surface area (Å²) in [6.45, 7) is 2.63. The summed E-state index contributed by atoms with van der Waals surface area (Å²) in [5, 5.41) is 2.93. The fourth-order valence-corrected chi connectivity index (χ4v) is 3.39. The third-order valence-corrected chi connectivity index (χ3v) is 4.65. The van der Waals surface area contributed by atoms with E-state index in [9.17, 15) is 4.79 Å². The zero-order valence-electron chi connectivity index (χ0n) is 16.1. The van der Waals surface area contributed by atoms with E-state index in [1.807, 2.05) is 24.3 Å². The Kier molecular flexibility index (Phi) is 5.74. The van der Waals surface area contributed by atoms with Crippen molar-refractivity contribution in [3.63, 3.8) is 0 Å². The highest BCUT2D eigenvalue weighted by Crippen LogP contribution is 2.47. The lowest BCUT2D eigenvalue weighted by molar-refractivity contribution is -0.116. The Balaban J connectivity index is 2.15. The lowest BCUT2D eigenvalue weighted by Crippen LogP contribution is -2.24. The maximum absolute atomic E-state index is 12.4. The minimum absolute atomic E-state index is 0.0519. The van der Waals surface area contributed by atoms with Crippen LogP contribution in [-0.2, 0) is 4.79 Å². The number of hydrogen-bond donors (Lipinski definition) is 1. The van der Waals surface area contributed by atoms with E-state index in [4.69, 9.17) is 18.9 Å². The maximum atomic E-state index is 12.4. The van der Waals surface area contributed by atoms with Crippen LogP contribution in [0.1, 0.15) is 36.8 Å². The third-order valence-electron chi connectivity index (χ3n) is 4.65. The van der Waals surface area contributed by atoms with Gasteiger partial charge < -0.3 is 24.3 Å². The van der Waals surface area contributed by atoms with Crippen LogP contribution in [0.3, 0.4) is 0 Å². The quantitative estimate of drug-likeness (QED) is 0.798. The molecule has 6 heteroatoms. The molecule has 144 valence electrons. The third kappa shape index (κ3) is 3.65. The summed E-state index contributed by atoms with van der Waals surface area (Å²) < 4.78 is 22.3. The van der Waals surface area contributed by atoms with Crippen molar-refractivity contribution < 1.29 is 23.7 Å². The van der Waals surface area contributed by atoms with Gasteiger partial charge in [0.25, 0.3) is 0 Å². The van der Waals surface area contributed by atoms with Crippen molar-refractivity contribution in [2.45, 2.75) is 25.7 Å². The molecule has 0 saturated heterocycles. The summed E-state index contributed by atoms with van der Waals surface area (Å²) in [5.41, 5.74) is 2.60. The number of para-hydroxylation sites is 1. The van der Waals surface area contributed by atoms with Crippen LogP contribution >= 0.6 is 0 Å². The normalized spacial score (nSPS) is 15.6. The topological polar surface area (TPSA) is 66.0 Å². The number of hydrogen-bond acceptors (Lipinski definition) is 5. The van der Waals surface area contributed by atoms with Crippen LogP contribution in [0.4, 0.5) is 5.69 Å². The smallest absolute Gasteiger partial charge is 0.225 e. The van der Waals surface area contributed by atoms with E-state index < -0.39 is 0 Å². The van der Waals surface area contributed by atoms with Gasteiger partial charge in [0.15, 0.2) is 23.0 Å². The van der Waals surface area contributed by atoms with E-state index in [1.54, 1.807) is 27.4 Å². The number of benzene rings is 2. The van der Waals surface area contributed by atoms with Gasteiger partial charge in [0.2, 0.25) is 5.91 Å². The number of rotatable bonds is 7. The van der Waals surface area contributed by atoms with Crippen LogP contribution in [0.25, 0.3) is 0 Å². The highest BCUT2D eigenvalue weighted by atomic mass is 16.5. The monoisotopic (exact) mass is 371 g/mol. The molecule has 1 aliphatic rings. The van der Waals surface area contributed by atoms with Gasteiger partial charge in [-0.05, 0) is 24.1 Å². The van der Waals surface area contributed by atoms with Gasteiger partial charge in [-0.15, -0.1) is 0 Å². The first-order chi connectivity index (χ1) is 13.1. The summed E-state index contributed by atoms with van der Waals surface area (Å²) in [4.78, 5) is 12.4. The van der Waals surface area contributed by atoms with Crippen LogP contribution in [0.15, 0.2) is 30.3 Å². The minimum atomic E-state index is -0.171. The van der Waals surface area contributed by atoms with Gasteiger partial charge in [-0.1, -0.05) is 19.1 Å². The molecule has 0 saturated carbocycles. The number of nitrogens with one attached hydrogen (secondary N) is 1. The number of ether oxygens (including phenoxy) is 4. The van der Waals surface area contributed by atoms with E-state index in [0.29, 0.717) is 36.0 Å². The average molecular weight is 371 g/mol. The number of amides is 1. The number of anilines is 1. The number of carbonyl (C=O) groups is 1. The van der Waals surface area contributed by atoms with Crippen molar-refractivity contribution in [3.05, 3.63) is 41.5 Å². The predicted octanol–water partition coefficient (Wildman–Crippen LogP) is 3.98. The second-order valence-corrected chi connectivity index (χ2v) is 6.33. The van der Waals surface area contributed by atoms with Gasteiger partial charge in [-0.3, -0.25) is 4.79 Å². The van der Waals surface area contributed by atoms with E-state index >= 15 is 0 Å². The van der Waals surface area contributed by atoms with Crippen molar-refractivity contribution in [2.24, 2.45) is 0 Å². The molecule has 2 aromatic rings. The van der Waals surface area contributed by atoms with Gasteiger partial charge in [-0.25, -0.2) is 0 Å². The second-order valence-electron chi connectivity index (χ2n) is 6.33. The van der Waals surface area contributed by atoms with E-state index in [1.165, 1.54) is 0 Å². The Morgan fingerprint density at radius 3 is 2.37 bits per heavy atom. The molecule has 6 nitrogen and oxygen atoms in total. The molecule has 0 spiro atoms. The maximum Gasteiger partial charge on any atom is 0.225 e. The molecule has 0 fully saturated rings. The predicted molar refractivity (Wildman–Crippen MR) is 103 cm³/mol. The average Bonchev–Trinajstić information content (AvgIpc) is 2.70. The van der Waals surface area contributed by atoms with Crippen molar-refractivity contribution in [2.75, 3.05) is 33.3 Å². The van der Waals surface area contributed by atoms with Crippen LogP contribution in [0.5, 0.6) is 23.0 Å². The Morgan fingerprint density at radius 2 is 1.70 bits per heavy atom. The molecule has 1 N–H and O–H groups in total. The fraction of sp³-hybridized carbons (Fsp3) is 0.381. The zero-order valence-corrected chi connectivity index (χ0v) is 16.1. The summed E-state index contributed by atoms with van der Waals surface area (Å²) in [6.07, 6.45) is 1.20. The van der Waals surface area contributed by atoms with Gasteiger partial charge in [0.1, 0.15) is 0 Å². The summed E-state index contributed by atoms with van der Waals surface area (Å²) in [5.74, 6) is 2.32. The lowest BCUT2D eigenvalue weighted by atomic mass is 9.84.